The van der Waals surface area contributed by atoms with Gasteiger partial charge < -0.3 is 115 Å². The van der Waals surface area contributed by atoms with Crippen molar-refractivity contribution in [3.05, 3.63) is 277 Å². The number of nitriles is 1. The Hall–Kier alpha value is -9.28. The van der Waals surface area contributed by atoms with Crippen molar-refractivity contribution in [2.45, 2.75) is 231 Å². The monoisotopic (exact) mass is 2030 g/mol. The number of pyridine rings is 1. The Balaban J connectivity index is -0.000000240. The molecule has 1 heterocycles. The fourth-order valence-electron chi connectivity index (χ4n) is 11.9. The van der Waals surface area contributed by atoms with E-state index in [1.807, 2.05) is 128 Å². The first-order valence-corrected chi connectivity index (χ1v) is 48.6. The molecular formula is C111H180N12O12S5. The summed E-state index contributed by atoms with van der Waals surface area (Å²) in [6, 6.07) is 88.3. The quantitative estimate of drug-likeness (QED) is 0.0130. The number of nitrogens with zero attached hydrogens (tertiary/aromatic N) is 2. The van der Waals surface area contributed by atoms with Gasteiger partial charge in [-0.3, -0.25) is 9.78 Å². The highest BCUT2D eigenvalue weighted by Crippen LogP contribution is 2.38. The van der Waals surface area contributed by atoms with Gasteiger partial charge in [0.25, 0.3) is 0 Å². The number of nitrogens with two attached hydrogens (primary N) is 5. The first kappa shape index (κ1) is 146. The normalized spacial score (nSPS) is 10.2. The largest absolute Gasteiger partial charge is 0.457 e. The molecule has 1 aliphatic carbocycles. The van der Waals surface area contributed by atoms with Gasteiger partial charge in [-0.25, -0.2) is 0 Å². The number of carbonyl (C=O) groups is 1. The fraction of sp³-hybridized carbons (Fsp3) is 0.414. The van der Waals surface area contributed by atoms with Crippen molar-refractivity contribution in [1.29, 1.82) is 5.26 Å². The van der Waals surface area contributed by atoms with Gasteiger partial charge in [-0.2, -0.15) is 68.4 Å². The lowest BCUT2D eigenvalue weighted by Gasteiger charge is -2.09. The summed E-state index contributed by atoms with van der Waals surface area (Å²) in [5.74, 6) is 1.84. The summed E-state index contributed by atoms with van der Waals surface area (Å²) in [4.78, 5) is 16.9. The minimum atomic E-state index is 0. The molecule has 29 heteroatoms. The zero-order valence-corrected chi connectivity index (χ0v) is 90.7. The third-order valence-electron chi connectivity index (χ3n) is 17.9. The van der Waals surface area contributed by atoms with Crippen molar-refractivity contribution in [2.24, 2.45) is 28.7 Å². The Kier molecular flexibility index (Phi) is 85.7. The molecule has 140 heavy (non-hydrogen) atoms. The van der Waals surface area contributed by atoms with E-state index in [9.17, 15) is 4.79 Å². The second-order valence-corrected chi connectivity index (χ2v) is 43.7. The van der Waals surface area contributed by atoms with Gasteiger partial charge in [-0.05, 0) is 245 Å². The summed E-state index contributed by atoms with van der Waals surface area (Å²) < 4.78 is 6.78. The average Bonchev–Trinajstić information content (AvgIpc) is 1.61. The third kappa shape index (κ3) is 74.6. The number of ether oxygens (including phenoxy) is 1. The Labute approximate surface area is 867 Å². The molecule has 1 aliphatic rings. The average molecular weight is 2040 g/mol. The van der Waals surface area contributed by atoms with Crippen LogP contribution in [0.3, 0.4) is 0 Å². The summed E-state index contributed by atoms with van der Waals surface area (Å²) in [6.07, 6.45) is 17.1. The Morgan fingerprint density at radius 3 is 0.921 bits per heavy atom. The van der Waals surface area contributed by atoms with Crippen molar-refractivity contribution in [3.63, 3.8) is 0 Å². The molecule has 0 spiro atoms. The summed E-state index contributed by atoms with van der Waals surface area (Å²) >= 11 is 20.6. The summed E-state index contributed by atoms with van der Waals surface area (Å²) in [5.41, 5.74) is 46.8. The van der Waals surface area contributed by atoms with Gasteiger partial charge in [0.1, 0.15) is 11.5 Å². The Bertz CT molecular complexity index is 4790. The minimum Gasteiger partial charge on any atom is -0.457 e. The molecule has 24 nitrogen and oxygen atoms in total. The highest BCUT2D eigenvalue weighted by Gasteiger charge is 2.26. The number of ketones is 1. The van der Waals surface area contributed by atoms with Crippen LogP contribution in [0.4, 0.5) is 28.4 Å². The molecule has 0 aliphatic heterocycles. The van der Waals surface area contributed by atoms with Crippen LogP contribution in [0.15, 0.2) is 255 Å². The smallest absolute Gasteiger partial charge is 0.194 e. The highest BCUT2D eigenvalue weighted by atomic mass is 32.1. The molecule has 0 amide bonds. The van der Waals surface area contributed by atoms with E-state index < -0.39 is 0 Å². The second kappa shape index (κ2) is 82.2. The summed E-state index contributed by atoms with van der Waals surface area (Å²) in [7, 11) is 0. The van der Waals surface area contributed by atoms with Crippen LogP contribution in [0.1, 0.15) is 227 Å². The van der Waals surface area contributed by atoms with Crippen LogP contribution in [0.25, 0.3) is 55.4 Å². The number of hydrogen-bond donors (Lipinski definition) is 15. The number of fused-ring (bicyclic) bond motifs is 4. The Morgan fingerprint density at radius 1 is 0.286 bits per heavy atom. The molecule has 35 N–H and O–H groups in total. The lowest BCUT2D eigenvalue weighted by molar-refractivity contribution is 0.104. The van der Waals surface area contributed by atoms with Crippen molar-refractivity contribution in [1.82, 2.24) is 4.98 Å². The molecule has 0 fully saturated rings. The molecular weight excluding hydrogens is 1850 g/mol. The van der Waals surface area contributed by atoms with Gasteiger partial charge in [0.15, 0.2) is 5.78 Å². The maximum atomic E-state index is 12.4. The predicted molar refractivity (Wildman–Crippen MR) is 625 cm³/mol. The van der Waals surface area contributed by atoms with Gasteiger partial charge in [-0.15, -0.1) is 0 Å². The second-order valence-electron chi connectivity index (χ2n) is 37.0. The number of anilines is 5. The molecule has 0 atom stereocenters. The van der Waals surface area contributed by atoms with E-state index in [4.69, 9.17) is 38.7 Å². The molecule has 0 bridgehead atoms. The third-order valence-corrected chi connectivity index (χ3v) is 17.9. The SMILES string of the molecule is CC(C)(C)S.CC(C)(C)S.CC(C)(C)S.CC(C)(C)S.CC(C)(C)S.Cc1ccc2cc(NCCCCCN)ccc2n1.N#Cc1ccc(-c2ccc(NCCCCCN)cc2)cc1.NCCCCCNc1ccc(-c2ccc(-c3ccccc3)cc2)cc1.NCCCCCNc1ccc2c(c1)C(=O)c1ccccc1-2.NCCCCCNc1cccc(Oc2ccccc2)c1.O.O.O.O.O.O.O.O.O.O. The van der Waals surface area contributed by atoms with Crippen LogP contribution in [0.2, 0.25) is 0 Å². The number of hydrogen-bond acceptors (Lipinski definition) is 19. The number of carbonyl (C=O) groups excluding carboxylic acids is 1. The summed E-state index contributed by atoms with van der Waals surface area (Å²) in [5, 5.41) is 27.1. The maximum absolute atomic E-state index is 12.4. The van der Waals surface area contributed by atoms with Crippen molar-refractivity contribution < 1.29 is 64.3 Å². The molecule has 0 unspecified atom stereocenters. The number of aromatic nitrogens is 1. The van der Waals surface area contributed by atoms with Crippen LogP contribution >= 0.6 is 63.1 Å². The first-order valence-electron chi connectivity index (χ1n) is 46.4. The van der Waals surface area contributed by atoms with Gasteiger partial charge in [0, 0.05) is 113 Å². The zero-order chi connectivity index (χ0) is 96.2. The topological polar surface area (TPSA) is 568 Å². The number of nitrogens with one attached hydrogen (secondary N) is 5. The molecule has 12 rings (SSSR count). The van der Waals surface area contributed by atoms with Gasteiger partial charge in [0.2, 0.25) is 0 Å². The molecule has 11 aromatic rings. The number of thiol groups is 5. The lowest BCUT2D eigenvalue weighted by atomic mass is 10.0. The standard InChI is InChI=1S/C23H26N2.C18H21N3.C18H20N2O.C17H22N2O.C15H21N3.5C4H10S.10H2O/c24-17-5-2-6-18-25-23-15-13-22(14-16-23)21-11-9-20(10-12-21)19-7-3-1-4-8-19;19-12-2-1-3-13-21-18-10-8-17(9-11-18)16-6-4-15(14-20)5-7-16;19-10-4-1-5-11-20-13-8-9-15-14-6-2-3-7-16(14)18(21)17(15)12-13;18-12-5-2-6-13-19-15-8-7-11-17(14-15)20-16-9-3-1-4-10-16;1-12-5-6-13-11-14(7-8-15(13)18-12)17-10-4-2-3-9-16;5*1-4(2,3)5;;;;;;;;;;/h1,3-4,7-16,25H,2,5-6,17-18,24H2;4-11,21H,1-3,12-13,19H2;2-3,6-9,12,20H,1,4-5,10-11,19H2;1,3-4,7-11,14,19H,2,5-6,12-13,18H2;5-8,11,17H,2-4,9-10,16H2,1H3;5*5H,1-3H3;10*1H2. The van der Waals surface area contributed by atoms with Crippen LogP contribution < -0.4 is 60.0 Å². The van der Waals surface area contributed by atoms with Crippen LogP contribution in [-0.4, -0.2) is 155 Å². The van der Waals surface area contributed by atoms with Crippen LogP contribution in [-0.2, 0) is 0 Å². The van der Waals surface area contributed by atoms with Gasteiger partial charge >= 0.3 is 0 Å². The van der Waals surface area contributed by atoms with E-state index in [0.29, 0.717) is 5.56 Å². The van der Waals surface area contributed by atoms with E-state index in [1.165, 1.54) is 77.5 Å². The maximum Gasteiger partial charge on any atom is 0.194 e. The number of benzene rings is 10. The molecule has 1 aromatic heterocycles. The Morgan fingerprint density at radius 2 is 0.564 bits per heavy atom. The molecule has 0 saturated carbocycles. The van der Waals surface area contributed by atoms with E-state index in [2.05, 4.69) is 338 Å². The van der Waals surface area contributed by atoms with Gasteiger partial charge in [0.05, 0.1) is 17.1 Å². The van der Waals surface area contributed by atoms with E-state index in [-0.39, 0.29) is 84.3 Å². The lowest BCUT2D eigenvalue weighted by Crippen LogP contribution is -2.04. The first-order chi connectivity index (χ1) is 61.7. The van der Waals surface area contributed by atoms with E-state index in [1.54, 1.807) is 0 Å². The van der Waals surface area contributed by atoms with E-state index >= 15 is 0 Å². The van der Waals surface area contributed by atoms with Gasteiger partial charge in [-0.1, -0.05) is 288 Å². The van der Waals surface area contributed by atoms with E-state index in [0.717, 1.165) is 196 Å². The highest BCUT2D eigenvalue weighted by molar-refractivity contribution is 7.82. The predicted octanol–water partition coefficient (Wildman–Crippen LogP) is 20.2. The fourth-order valence-corrected chi connectivity index (χ4v) is 11.9. The number of unbranched alkanes of at least 4 members (excludes halogenated alkanes) is 10. The van der Waals surface area contributed by atoms with Crippen LogP contribution in [0, 0.1) is 18.3 Å². The van der Waals surface area contributed by atoms with Crippen LogP contribution in [0.5, 0.6) is 11.5 Å². The zero-order valence-electron chi connectivity index (χ0n) is 86.3. The molecule has 0 radical (unpaired) electrons. The van der Waals surface area contributed by atoms with Crippen molar-refractivity contribution >= 4 is 108 Å². The summed E-state index contributed by atoms with van der Waals surface area (Å²) in [6.45, 7) is 41.6. The van der Waals surface area contributed by atoms with Crippen molar-refractivity contribution in [2.75, 3.05) is 92.0 Å². The molecule has 786 valence electrons. The van der Waals surface area contributed by atoms with Crippen molar-refractivity contribution in [3.8, 4) is 62.1 Å². The minimum absolute atomic E-state index is 0. The number of aryl methyl sites for hydroxylation is 1. The molecule has 10 aromatic carbocycles. The number of rotatable bonds is 35. The number of para-hydroxylation sites is 1. The molecule has 0 saturated heterocycles.